The molecule has 35 heavy (non-hydrogen) atoms. The van der Waals surface area contributed by atoms with Crippen LogP contribution in [0.1, 0.15) is 26.3 Å². The molecule has 4 rings (SSSR count). The molecule has 0 aliphatic heterocycles. The van der Waals surface area contributed by atoms with E-state index in [9.17, 15) is 14.4 Å². The molecule has 0 aliphatic rings. The van der Waals surface area contributed by atoms with Crippen molar-refractivity contribution in [3.8, 4) is 5.75 Å². The van der Waals surface area contributed by atoms with Gasteiger partial charge in [0.05, 0.1) is 18.3 Å². The summed E-state index contributed by atoms with van der Waals surface area (Å²) >= 11 is 3.37. The summed E-state index contributed by atoms with van der Waals surface area (Å²) in [6.07, 6.45) is 1.36. The Morgan fingerprint density at radius 3 is 2.46 bits per heavy atom. The van der Waals surface area contributed by atoms with Crippen molar-refractivity contribution in [2.24, 2.45) is 5.10 Å². The van der Waals surface area contributed by atoms with Crippen molar-refractivity contribution in [3.05, 3.63) is 112 Å². The average Bonchev–Trinajstić information content (AvgIpc) is 2.89. The summed E-state index contributed by atoms with van der Waals surface area (Å²) in [4.78, 5) is 37.2. The van der Waals surface area contributed by atoms with E-state index in [-0.39, 0.29) is 18.2 Å². The minimum Gasteiger partial charge on any atom is -0.422 e. The van der Waals surface area contributed by atoms with Gasteiger partial charge >= 0.3 is 5.97 Å². The first-order valence-corrected chi connectivity index (χ1v) is 11.5. The van der Waals surface area contributed by atoms with Gasteiger partial charge in [0, 0.05) is 15.6 Å². The van der Waals surface area contributed by atoms with Crippen molar-refractivity contribution in [2.75, 3.05) is 6.54 Å². The van der Waals surface area contributed by atoms with Gasteiger partial charge in [0.15, 0.2) is 0 Å². The molecule has 0 fully saturated rings. The second-order valence-corrected chi connectivity index (χ2v) is 8.36. The standard InChI is InChI=1S/C27H20BrN3O4/c28-21-13-14-24(35-27(34)19-8-2-1-3-9-19)20(15-21)16-30-31-25(32)17-29-26(33)23-12-6-10-18-7-4-5-11-22(18)23/h1-16H,17H2,(H,29,33)(H,31,32)/b30-16-. The molecule has 0 heterocycles. The lowest BCUT2D eigenvalue weighted by Crippen LogP contribution is -2.35. The lowest BCUT2D eigenvalue weighted by Gasteiger charge is -2.08. The van der Waals surface area contributed by atoms with Crippen LogP contribution >= 0.6 is 15.9 Å². The molecule has 0 saturated heterocycles. The van der Waals surface area contributed by atoms with Crippen LogP contribution in [-0.2, 0) is 4.79 Å². The lowest BCUT2D eigenvalue weighted by atomic mass is 10.0. The van der Waals surface area contributed by atoms with Crippen molar-refractivity contribution in [1.82, 2.24) is 10.7 Å². The molecule has 174 valence electrons. The van der Waals surface area contributed by atoms with Gasteiger partial charge < -0.3 is 10.1 Å². The van der Waals surface area contributed by atoms with Crippen LogP contribution in [0.2, 0.25) is 0 Å². The van der Waals surface area contributed by atoms with E-state index in [0.717, 1.165) is 15.2 Å². The minimum atomic E-state index is -0.511. The van der Waals surface area contributed by atoms with Gasteiger partial charge in [0.25, 0.3) is 11.8 Å². The Balaban J connectivity index is 1.36. The fourth-order valence-corrected chi connectivity index (χ4v) is 3.72. The number of hydrogen-bond acceptors (Lipinski definition) is 5. The van der Waals surface area contributed by atoms with Gasteiger partial charge in [-0.15, -0.1) is 0 Å². The molecule has 0 bridgehead atoms. The fourth-order valence-electron chi connectivity index (χ4n) is 3.34. The van der Waals surface area contributed by atoms with Gasteiger partial charge in [0.1, 0.15) is 5.75 Å². The smallest absolute Gasteiger partial charge is 0.343 e. The zero-order valence-electron chi connectivity index (χ0n) is 18.4. The number of fused-ring (bicyclic) bond motifs is 1. The molecule has 4 aromatic carbocycles. The van der Waals surface area contributed by atoms with E-state index in [0.29, 0.717) is 16.7 Å². The molecule has 0 radical (unpaired) electrons. The molecule has 4 aromatic rings. The van der Waals surface area contributed by atoms with E-state index in [1.54, 1.807) is 54.6 Å². The number of rotatable bonds is 7. The van der Waals surface area contributed by atoms with E-state index >= 15 is 0 Å². The van der Waals surface area contributed by atoms with Crippen molar-refractivity contribution in [3.63, 3.8) is 0 Å². The molecule has 2 N–H and O–H groups in total. The largest absolute Gasteiger partial charge is 0.422 e. The summed E-state index contributed by atoms with van der Waals surface area (Å²) in [5.41, 5.74) is 3.74. The normalized spacial score (nSPS) is 10.8. The number of carbonyl (C=O) groups excluding carboxylic acids is 3. The number of amides is 2. The van der Waals surface area contributed by atoms with Crippen LogP contribution in [-0.4, -0.2) is 30.5 Å². The number of nitrogens with one attached hydrogen (secondary N) is 2. The van der Waals surface area contributed by atoms with E-state index in [2.05, 4.69) is 31.8 Å². The summed E-state index contributed by atoms with van der Waals surface area (Å²) < 4.78 is 6.23. The fraction of sp³-hybridized carbons (Fsp3) is 0.0370. The van der Waals surface area contributed by atoms with E-state index in [1.807, 2.05) is 36.4 Å². The number of hydrazone groups is 1. The van der Waals surface area contributed by atoms with Crippen LogP contribution in [0.4, 0.5) is 0 Å². The third kappa shape index (κ3) is 6.18. The van der Waals surface area contributed by atoms with E-state index in [1.165, 1.54) is 6.21 Å². The molecular formula is C27H20BrN3O4. The monoisotopic (exact) mass is 529 g/mol. The SMILES string of the molecule is O=C(CNC(=O)c1cccc2ccccc12)N/N=C\c1cc(Br)ccc1OC(=O)c1ccccc1. The predicted molar refractivity (Wildman–Crippen MR) is 138 cm³/mol. The van der Waals surface area contributed by atoms with Crippen LogP contribution in [0.5, 0.6) is 5.75 Å². The molecule has 8 heteroatoms. The number of nitrogens with zero attached hydrogens (tertiary/aromatic N) is 1. The summed E-state index contributed by atoms with van der Waals surface area (Å²) in [5.74, 6) is -1.09. The maximum Gasteiger partial charge on any atom is 0.343 e. The number of esters is 1. The Hall–Kier alpha value is -4.30. The van der Waals surface area contributed by atoms with Crippen molar-refractivity contribution < 1.29 is 19.1 Å². The van der Waals surface area contributed by atoms with Crippen LogP contribution in [0.3, 0.4) is 0 Å². The predicted octanol–water partition coefficient (Wildman–Crippen LogP) is 4.70. The van der Waals surface area contributed by atoms with E-state index < -0.39 is 11.9 Å². The first kappa shape index (κ1) is 23.8. The van der Waals surface area contributed by atoms with Crippen LogP contribution < -0.4 is 15.5 Å². The van der Waals surface area contributed by atoms with Crippen LogP contribution in [0.15, 0.2) is 101 Å². The molecule has 0 spiro atoms. The quantitative estimate of drug-likeness (QED) is 0.157. The molecule has 0 saturated carbocycles. The Kier molecular flexibility index (Phi) is 7.64. The molecular weight excluding hydrogens is 510 g/mol. The van der Waals surface area contributed by atoms with Gasteiger partial charge in [-0.1, -0.05) is 70.5 Å². The first-order chi connectivity index (χ1) is 17.0. The highest BCUT2D eigenvalue weighted by atomic mass is 79.9. The zero-order valence-corrected chi connectivity index (χ0v) is 20.0. The molecule has 0 unspecified atom stereocenters. The number of benzene rings is 4. The van der Waals surface area contributed by atoms with Crippen molar-refractivity contribution in [2.45, 2.75) is 0 Å². The number of hydrogen-bond donors (Lipinski definition) is 2. The van der Waals surface area contributed by atoms with Crippen molar-refractivity contribution in [1.29, 1.82) is 0 Å². The molecule has 0 aliphatic carbocycles. The highest BCUT2D eigenvalue weighted by molar-refractivity contribution is 9.10. The highest BCUT2D eigenvalue weighted by Crippen LogP contribution is 2.23. The van der Waals surface area contributed by atoms with Gasteiger partial charge in [-0.25, -0.2) is 10.2 Å². The number of halogens is 1. The minimum absolute atomic E-state index is 0.256. The van der Waals surface area contributed by atoms with Gasteiger partial charge in [-0.3, -0.25) is 9.59 Å². The Morgan fingerprint density at radius 1 is 0.886 bits per heavy atom. The number of carbonyl (C=O) groups is 3. The summed E-state index contributed by atoms with van der Waals surface area (Å²) in [5, 5.41) is 8.28. The van der Waals surface area contributed by atoms with Gasteiger partial charge in [-0.2, -0.15) is 5.10 Å². The van der Waals surface area contributed by atoms with Gasteiger partial charge in [-0.05, 0) is 47.2 Å². The lowest BCUT2D eigenvalue weighted by molar-refractivity contribution is -0.120. The summed E-state index contributed by atoms with van der Waals surface area (Å²) in [7, 11) is 0. The summed E-state index contributed by atoms with van der Waals surface area (Å²) in [6.45, 7) is -0.256. The van der Waals surface area contributed by atoms with Crippen LogP contribution in [0, 0.1) is 0 Å². The molecule has 2 amide bonds. The highest BCUT2D eigenvalue weighted by Gasteiger charge is 2.12. The molecule has 0 atom stereocenters. The second kappa shape index (κ2) is 11.2. The number of ether oxygens (including phenoxy) is 1. The topological polar surface area (TPSA) is 96.9 Å². The van der Waals surface area contributed by atoms with E-state index in [4.69, 9.17) is 4.74 Å². The Morgan fingerprint density at radius 2 is 1.63 bits per heavy atom. The maximum atomic E-state index is 12.6. The Labute approximate surface area is 209 Å². The first-order valence-electron chi connectivity index (χ1n) is 10.7. The third-order valence-electron chi connectivity index (χ3n) is 5.02. The molecule has 0 aromatic heterocycles. The average molecular weight is 530 g/mol. The van der Waals surface area contributed by atoms with Gasteiger partial charge in [0.2, 0.25) is 0 Å². The zero-order chi connectivity index (χ0) is 24.6. The second-order valence-electron chi connectivity index (χ2n) is 7.44. The summed E-state index contributed by atoms with van der Waals surface area (Å²) in [6, 6.07) is 26.6. The van der Waals surface area contributed by atoms with Crippen LogP contribution in [0.25, 0.3) is 10.8 Å². The Bertz CT molecular complexity index is 1420. The van der Waals surface area contributed by atoms with Crippen molar-refractivity contribution >= 4 is 50.7 Å². The maximum absolute atomic E-state index is 12.6. The third-order valence-corrected chi connectivity index (χ3v) is 5.51. The molecule has 7 nitrogen and oxygen atoms in total.